The van der Waals surface area contributed by atoms with Gasteiger partial charge in [-0.05, 0) is 35.2 Å². The minimum Gasteiger partial charge on any atom is -0.450 e. The molecule has 1 aromatic heterocycles. The number of hydrogen-bond donors (Lipinski definition) is 2. The van der Waals surface area contributed by atoms with E-state index < -0.39 is 10.0 Å². The first-order chi connectivity index (χ1) is 9.03. The molecule has 0 aliphatic carbocycles. The SMILES string of the molecule is O=S(=O)(NCC1CCCCO1)c1cc(CO)oc1Br. The molecule has 1 aliphatic heterocycles. The van der Waals surface area contributed by atoms with E-state index in [4.69, 9.17) is 14.3 Å². The van der Waals surface area contributed by atoms with Gasteiger partial charge in [0.15, 0.2) is 4.67 Å². The van der Waals surface area contributed by atoms with Crippen LogP contribution in [0.5, 0.6) is 0 Å². The molecule has 6 nitrogen and oxygen atoms in total. The summed E-state index contributed by atoms with van der Waals surface area (Å²) in [7, 11) is -3.66. The average molecular weight is 354 g/mol. The molecule has 1 fully saturated rings. The number of aliphatic hydroxyl groups is 1. The van der Waals surface area contributed by atoms with Gasteiger partial charge < -0.3 is 14.3 Å². The summed E-state index contributed by atoms with van der Waals surface area (Å²) in [6, 6.07) is 1.30. The van der Waals surface area contributed by atoms with Gasteiger partial charge >= 0.3 is 0 Å². The van der Waals surface area contributed by atoms with Crippen molar-refractivity contribution < 1.29 is 22.7 Å². The number of furan rings is 1. The zero-order chi connectivity index (χ0) is 13.9. The van der Waals surface area contributed by atoms with Crippen molar-refractivity contribution in [2.75, 3.05) is 13.2 Å². The molecule has 0 spiro atoms. The lowest BCUT2D eigenvalue weighted by Gasteiger charge is -2.22. The van der Waals surface area contributed by atoms with Gasteiger partial charge in [0.05, 0.1) is 6.10 Å². The standard InChI is InChI=1S/C11H16BrNO5S/c12-11-10(5-9(7-14)18-11)19(15,16)13-6-8-3-1-2-4-17-8/h5,8,13-14H,1-4,6-7H2. The zero-order valence-electron chi connectivity index (χ0n) is 10.3. The van der Waals surface area contributed by atoms with Crippen molar-refractivity contribution in [1.29, 1.82) is 0 Å². The number of halogens is 1. The Kier molecular flexibility index (Phi) is 5.02. The molecule has 0 radical (unpaired) electrons. The van der Waals surface area contributed by atoms with E-state index in [0.717, 1.165) is 19.3 Å². The van der Waals surface area contributed by atoms with Gasteiger partial charge in [-0.25, -0.2) is 13.1 Å². The van der Waals surface area contributed by atoms with E-state index in [1.165, 1.54) is 6.07 Å². The fourth-order valence-corrected chi connectivity index (χ4v) is 3.97. The highest BCUT2D eigenvalue weighted by Crippen LogP contribution is 2.26. The largest absolute Gasteiger partial charge is 0.450 e. The van der Waals surface area contributed by atoms with Crippen molar-refractivity contribution in [3.8, 4) is 0 Å². The van der Waals surface area contributed by atoms with Crippen LogP contribution in [-0.2, 0) is 21.4 Å². The van der Waals surface area contributed by atoms with Gasteiger partial charge in [0, 0.05) is 19.2 Å². The highest BCUT2D eigenvalue weighted by Gasteiger charge is 2.24. The Hall–Kier alpha value is -0.410. The molecule has 19 heavy (non-hydrogen) atoms. The van der Waals surface area contributed by atoms with Crippen molar-refractivity contribution in [1.82, 2.24) is 4.72 Å². The molecular formula is C11H16BrNO5S. The fourth-order valence-electron chi connectivity index (χ4n) is 1.91. The molecule has 2 heterocycles. The molecule has 1 unspecified atom stereocenters. The second-order valence-corrected chi connectivity index (χ2v) is 6.80. The second kappa shape index (κ2) is 6.36. The summed E-state index contributed by atoms with van der Waals surface area (Å²) in [5.41, 5.74) is 0. The van der Waals surface area contributed by atoms with Crippen LogP contribution in [0.2, 0.25) is 0 Å². The molecule has 1 aromatic rings. The van der Waals surface area contributed by atoms with Crippen LogP contribution >= 0.6 is 15.9 Å². The summed E-state index contributed by atoms with van der Waals surface area (Å²) in [4.78, 5) is -0.00707. The number of sulfonamides is 1. The van der Waals surface area contributed by atoms with E-state index in [9.17, 15) is 8.42 Å². The van der Waals surface area contributed by atoms with E-state index in [2.05, 4.69) is 20.7 Å². The van der Waals surface area contributed by atoms with Crippen LogP contribution in [0.4, 0.5) is 0 Å². The summed E-state index contributed by atoms with van der Waals surface area (Å²) in [6.07, 6.45) is 2.86. The van der Waals surface area contributed by atoms with Crippen LogP contribution < -0.4 is 4.72 Å². The van der Waals surface area contributed by atoms with E-state index in [-0.39, 0.29) is 34.6 Å². The van der Waals surface area contributed by atoms with E-state index in [1.54, 1.807) is 0 Å². The lowest BCUT2D eigenvalue weighted by molar-refractivity contribution is 0.0200. The minimum absolute atomic E-state index is 0.00707. The summed E-state index contributed by atoms with van der Waals surface area (Å²) < 4.78 is 37.3. The van der Waals surface area contributed by atoms with Crippen molar-refractivity contribution in [2.45, 2.75) is 36.9 Å². The van der Waals surface area contributed by atoms with Crippen LogP contribution in [0.25, 0.3) is 0 Å². The minimum atomic E-state index is -3.66. The number of hydrogen-bond acceptors (Lipinski definition) is 5. The quantitative estimate of drug-likeness (QED) is 0.834. The topological polar surface area (TPSA) is 88.8 Å². The van der Waals surface area contributed by atoms with Gasteiger partial charge in [-0.3, -0.25) is 0 Å². The Morgan fingerprint density at radius 1 is 1.47 bits per heavy atom. The molecule has 8 heteroatoms. The Morgan fingerprint density at radius 2 is 2.26 bits per heavy atom. The van der Waals surface area contributed by atoms with Crippen LogP contribution in [0, 0.1) is 0 Å². The van der Waals surface area contributed by atoms with Gasteiger partial charge in [0.2, 0.25) is 10.0 Å². The lowest BCUT2D eigenvalue weighted by Crippen LogP contribution is -2.35. The zero-order valence-corrected chi connectivity index (χ0v) is 12.7. The van der Waals surface area contributed by atoms with Gasteiger partial charge in [0.25, 0.3) is 0 Å². The van der Waals surface area contributed by atoms with Crippen LogP contribution in [-0.4, -0.2) is 32.8 Å². The Balaban J connectivity index is 2.02. The smallest absolute Gasteiger partial charge is 0.245 e. The molecule has 1 atom stereocenters. The first kappa shape index (κ1) is 15.0. The maximum absolute atomic E-state index is 12.1. The van der Waals surface area contributed by atoms with E-state index in [0.29, 0.717) is 6.61 Å². The predicted octanol–water partition coefficient (Wildman–Crippen LogP) is 1.38. The number of rotatable bonds is 5. The van der Waals surface area contributed by atoms with Gasteiger partial charge in [-0.1, -0.05) is 0 Å². The third-order valence-corrected chi connectivity index (χ3v) is 5.21. The summed E-state index contributed by atoms with van der Waals surface area (Å²) in [5.74, 6) is 0.196. The van der Waals surface area contributed by atoms with Crippen LogP contribution in [0.3, 0.4) is 0 Å². The lowest BCUT2D eigenvalue weighted by atomic mass is 10.1. The number of ether oxygens (including phenoxy) is 1. The third-order valence-electron chi connectivity index (χ3n) is 2.93. The molecule has 2 N–H and O–H groups in total. The molecular weight excluding hydrogens is 338 g/mol. The maximum atomic E-state index is 12.1. The monoisotopic (exact) mass is 353 g/mol. The molecule has 1 saturated heterocycles. The third kappa shape index (κ3) is 3.79. The predicted molar refractivity (Wildman–Crippen MR) is 71.1 cm³/mol. The first-order valence-electron chi connectivity index (χ1n) is 6.03. The Morgan fingerprint density at radius 3 is 2.84 bits per heavy atom. The van der Waals surface area contributed by atoms with Gasteiger partial charge in [-0.15, -0.1) is 0 Å². The van der Waals surface area contributed by atoms with E-state index >= 15 is 0 Å². The molecule has 108 valence electrons. The first-order valence-corrected chi connectivity index (χ1v) is 8.31. The molecule has 2 rings (SSSR count). The summed E-state index contributed by atoms with van der Waals surface area (Å²) in [5, 5.41) is 8.93. The summed E-state index contributed by atoms with van der Waals surface area (Å²) in [6.45, 7) is 0.574. The highest BCUT2D eigenvalue weighted by atomic mass is 79.9. The maximum Gasteiger partial charge on any atom is 0.245 e. The average Bonchev–Trinajstić information content (AvgIpc) is 2.80. The normalized spacial score (nSPS) is 20.6. The fraction of sp³-hybridized carbons (Fsp3) is 0.636. The molecule has 1 aliphatic rings. The van der Waals surface area contributed by atoms with Crippen molar-refractivity contribution >= 4 is 26.0 Å². The van der Waals surface area contributed by atoms with Crippen molar-refractivity contribution in [2.24, 2.45) is 0 Å². The second-order valence-electron chi connectivity index (χ2n) is 4.35. The number of aliphatic hydroxyl groups excluding tert-OH is 1. The molecule has 0 bridgehead atoms. The van der Waals surface area contributed by atoms with Crippen molar-refractivity contribution in [3.63, 3.8) is 0 Å². The summed E-state index contributed by atoms with van der Waals surface area (Å²) >= 11 is 3.03. The van der Waals surface area contributed by atoms with Gasteiger partial charge in [0.1, 0.15) is 17.3 Å². The van der Waals surface area contributed by atoms with Gasteiger partial charge in [-0.2, -0.15) is 0 Å². The van der Waals surface area contributed by atoms with Crippen LogP contribution in [0.1, 0.15) is 25.0 Å². The van der Waals surface area contributed by atoms with Crippen molar-refractivity contribution in [3.05, 3.63) is 16.5 Å². The van der Waals surface area contributed by atoms with Crippen LogP contribution in [0.15, 0.2) is 20.0 Å². The molecule has 0 aromatic carbocycles. The Bertz CT molecular complexity index is 521. The number of nitrogens with one attached hydrogen (secondary N) is 1. The molecule has 0 amide bonds. The van der Waals surface area contributed by atoms with E-state index in [1.807, 2.05) is 0 Å². The Labute approximate surface area is 120 Å². The molecule has 0 saturated carbocycles. The highest BCUT2D eigenvalue weighted by molar-refractivity contribution is 9.10.